The van der Waals surface area contributed by atoms with Crippen LogP contribution in [0.4, 0.5) is 4.39 Å². The van der Waals surface area contributed by atoms with E-state index in [4.69, 9.17) is 9.47 Å². The monoisotopic (exact) mass is 368 g/mol. The summed E-state index contributed by atoms with van der Waals surface area (Å²) in [5.74, 6) is -0.540. The lowest BCUT2D eigenvalue weighted by Crippen LogP contribution is -2.50. The molecule has 1 aromatic carbocycles. The summed E-state index contributed by atoms with van der Waals surface area (Å²) in [7, 11) is 1.59. The fourth-order valence-corrected chi connectivity index (χ4v) is 2.98. The number of carbonyl (C=O) groups excluding carboxylic acids is 1. The van der Waals surface area contributed by atoms with Crippen LogP contribution in [-0.4, -0.2) is 86.1 Å². The normalized spacial score (nSPS) is 19.3. The zero-order valence-electron chi connectivity index (χ0n) is 15.6. The number of ether oxygens (including phenoxy) is 2. The van der Waals surface area contributed by atoms with E-state index in [1.165, 1.54) is 24.3 Å². The number of hydrogen-bond acceptors (Lipinski definition) is 5. The van der Waals surface area contributed by atoms with Gasteiger partial charge >= 0.3 is 0 Å². The number of β-amino-alcohol motifs (C(OH)–C–C–N with tert-alkyl or cyclic N) is 1. The van der Waals surface area contributed by atoms with Crippen molar-refractivity contribution in [3.63, 3.8) is 0 Å². The lowest BCUT2D eigenvalue weighted by Gasteiger charge is -2.36. The van der Waals surface area contributed by atoms with Crippen molar-refractivity contribution in [3.8, 4) is 0 Å². The van der Waals surface area contributed by atoms with E-state index in [2.05, 4.69) is 4.90 Å². The highest BCUT2D eigenvalue weighted by molar-refractivity contribution is 5.94. The molecule has 0 aromatic heterocycles. The maximum Gasteiger partial charge on any atom is 0.254 e. The minimum atomic E-state index is -0.370. The molecule has 0 spiro atoms. The van der Waals surface area contributed by atoms with Gasteiger partial charge in [0.2, 0.25) is 0 Å². The Bertz CT molecular complexity index is 555. The Morgan fingerprint density at radius 2 is 2.19 bits per heavy atom. The van der Waals surface area contributed by atoms with E-state index in [0.717, 1.165) is 6.54 Å². The number of aliphatic hydroxyl groups excluding tert-OH is 1. The van der Waals surface area contributed by atoms with Crippen molar-refractivity contribution in [2.24, 2.45) is 0 Å². The van der Waals surface area contributed by atoms with E-state index in [1.54, 1.807) is 12.0 Å². The maximum absolute atomic E-state index is 13.1. The average Bonchev–Trinajstić information content (AvgIpc) is 2.65. The minimum absolute atomic E-state index is 0.130. The topological polar surface area (TPSA) is 62.2 Å². The molecule has 0 saturated carbocycles. The third-order valence-electron chi connectivity index (χ3n) is 4.53. The van der Waals surface area contributed by atoms with Gasteiger partial charge in [0.15, 0.2) is 0 Å². The molecule has 146 valence electrons. The van der Waals surface area contributed by atoms with Gasteiger partial charge in [-0.25, -0.2) is 4.39 Å². The highest BCUT2D eigenvalue weighted by Crippen LogP contribution is 2.12. The molecule has 1 amide bonds. The third-order valence-corrected chi connectivity index (χ3v) is 4.53. The quantitative estimate of drug-likeness (QED) is 0.714. The minimum Gasteiger partial charge on any atom is -0.392 e. The summed E-state index contributed by atoms with van der Waals surface area (Å²) < 4.78 is 24.0. The van der Waals surface area contributed by atoms with Crippen LogP contribution < -0.4 is 0 Å². The van der Waals surface area contributed by atoms with Crippen molar-refractivity contribution in [1.29, 1.82) is 0 Å². The highest BCUT2D eigenvalue weighted by Gasteiger charge is 2.26. The number of amides is 1. The van der Waals surface area contributed by atoms with Crippen LogP contribution in [-0.2, 0) is 9.47 Å². The van der Waals surface area contributed by atoms with Crippen LogP contribution in [0.3, 0.4) is 0 Å². The van der Waals surface area contributed by atoms with Crippen LogP contribution in [0.2, 0.25) is 0 Å². The summed E-state index contributed by atoms with van der Waals surface area (Å²) in [6.45, 7) is 5.86. The highest BCUT2D eigenvalue weighted by atomic mass is 19.1. The van der Waals surface area contributed by atoms with E-state index < -0.39 is 0 Å². The second-order valence-electron chi connectivity index (χ2n) is 6.57. The first kappa shape index (κ1) is 20.8. The van der Waals surface area contributed by atoms with Gasteiger partial charge in [-0.15, -0.1) is 0 Å². The van der Waals surface area contributed by atoms with Gasteiger partial charge in [0.25, 0.3) is 5.91 Å². The molecule has 2 unspecified atom stereocenters. The van der Waals surface area contributed by atoms with Gasteiger partial charge in [-0.2, -0.15) is 0 Å². The summed E-state index contributed by atoms with van der Waals surface area (Å²) in [4.78, 5) is 16.6. The first-order chi connectivity index (χ1) is 12.5. The zero-order chi connectivity index (χ0) is 18.9. The molecule has 0 bridgehead atoms. The molecular formula is C19H29FN2O4. The lowest BCUT2D eigenvalue weighted by molar-refractivity contribution is -0.0517. The van der Waals surface area contributed by atoms with E-state index in [1.807, 2.05) is 6.92 Å². The third kappa shape index (κ3) is 6.32. The second kappa shape index (κ2) is 10.6. The molecule has 6 nitrogen and oxygen atoms in total. The van der Waals surface area contributed by atoms with E-state index in [9.17, 15) is 14.3 Å². The largest absolute Gasteiger partial charge is 0.392 e. The molecule has 1 aliphatic rings. The smallest absolute Gasteiger partial charge is 0.254 e. The number of halogens is 1. The number of methoxy groups -OCH3 is 1. The SMILES string of the molecule is CCC(O)CN1CCOC(CN(CCOC)C(=O)c2ccc(F)cc2)C1. The van der Waals surface area contributed by atoms with E-state index >= 15 is 0 Å². The van der Waals surface area contributed by atoms with Crippen molar-refractivity contribution in [3.05, 3.63) is 35.6 Å². The number of hydrogen-bond donors (Lipinski definition) is 1. The van der Waals surface area contributed by atoms with Gasteiger partial charge < -0.3 is 19.5 Å². The Morgan fingerprint density at radius 3 is 2.85 bits per heavy atom. The van der Waals surface area contributed by atoms with Gasteiger partial charge in [0.1, 0.15) is 5.82 Å². The Morgan fingerprint density at radius 1 is 1.46 bits per heavy atom. The summed E-state index contributed by atoms with van der Waals surface area (Å²) in [5.41, 5.74) is 0.441. The number of morpholine rings is 1. The fraction of sp³-hybridized carbons (Fsp3) is 0.632. The van der Waals surface area contributed by atoms with Crippen molar-refractivity contribution < 1.29 is 23.8 Å². The molecule has 0 radical (unpaired) electrons. The Balaban J connectivity index is 1.99. The van der Waals surface area contributed by atoms with Crippen LogP contribution in [0.1, 0.15) is 23.7 Å². The van der Waals surface area contributed by atoms with Crippen LogP contribution in [0.25, 0.3) is 0 Å². The number of rotatable bonds is 9. The molecule has 26 heavy (non-hydrogen) atoms. The van der Waals surface area contributed by atoms with Crippen molar-refractivity contribution in [2.75, 3.05) is 53.0 Å². The van der Waals surface area contributed by atoms with Gasteiger partial charge in [-0.05, 0) is 30.7 Å². The maximum atomic E-state index is 13.1. The van der Waals surface area contributed by atoms with Crippen LogP contribution in [0.5, 0.6) is 0 Å². The van der Waals surface area contributed by atoms with Gasteiger partial charge in [0, 0.05) is 45.4 Å². The molecular weight excluding hydrogens is 339 g/mol. The molecule has 1 saturated heterocycles. The first-order valence-electron chi connectivity index (χ1n) is 9.09. The van der Waals surface area contributed by atoms with Gasteiger partial charge in [-0.3, -0.25) is 9.69 Å². The molecule has 7 heteroatoms. The van der Waals surface area contributed by atoms with E-state index in [-0.39, 0.29) is 23.9 Å². The summed E-state index contributed by atoms with van der Waals surface area (Å²) in [6, 6.07) is 5.55. The molecule has 2 atom stereocenters. The predicted octanol–water partition coefficient (Wildman–Crippen LogP) is 1.39. The molecule has 0 aliphatic carbocycles. The molecule has 1 N–H and O–H groups in total. The van der Waals surface area contributed by atoms with Crippen molar-refractivity contribution in [2.45, 2.75) is 25.6 Å². The predicted molar refractivity (Wildman–Crippen MR) is 96.7 cm³/mol. The van der Waals surface area contributed by atoms with E-state index in [0.29, 0.717) is 51.4 Å². The molecule has 1 aromatic rings. The van der Waals surface area contributed by atoms with Crippen molar-refractivity contribution in [1.82, 2.24) is 9.80 Å². The van der Waals surface area contributed by atoms with Crippen LogP contribution in [0, 0.1) is 5.82 Å². The molecule has 1 aliphatic heterocycles. The average molecular weight is 368 g/mol. The number of aliphatic hydroxyl groups is 1. The Labute approximate surface area is 154 Å². The standard InChI is InChI=1S/C19H29FN2O4/c1-3-17(23)12-21-8-11-26-18(13-21)14-22(9-10-25-2)19(24)15-4-6-16(20)7-5-15/h4-7,17-18,23H,3,8-14H2,1-2H3. The van der Waals surface area contributed by atoms with Crippen LogP contribution >= 0.6 is 0 Å². The summed E-state index contributed by atoms with van der Waals surface area (Å²) in [5, 5.41) is 9.86. The fourth-order valence-electron chi connectivity index (χ4n) is 2.98. The summed E-state index contributed by atoms with van der Waals surface area (Å²) in [6.07, 6.45) is 0.235. The lowest BCUT2D eigenvalue weighted by atomic mass is 10.1. The van der Waals surface area contributed by atoms with Crippen molar-refractivity contribution >= 4 is 5.91 Å². The first-order valence-corrected chi connectivity index (χ1v) is 9.09. The zero-order valence-corrected chi connectivity index (χ0v) is 15.6. The number of benzene rings is 1. The molecule has 1 heterocycles. The van der Waals surface area contributed by atoms with Gasteiger partial charge in [0.05, 0.1) is 25.4 Å². The van der Waals surface area contributed by atoms with Gasteiger partial charge in [-0.1, -0.05) is 6.92 Å². The molecule has 1 fully saturated rings. The number of nitrogens with zero attached hydrogens (tertiary/aromatic N) is 2. The number of carbonyl (C=O) groups is 1. The Kier molecular flexibility index (Phi) is 8.44. The van der Waals surface area contributed by atoms with Crippen LogP contribution in [0.15, 0.2) is 24.3 Å². The Hall–Kier alpha value is -1.54. The second-order valence-corrected chi connectivity index (χ2v) is 6.57. The molecule has 2 rings (SSSR count). The summed E-state index contributed by atoms with van der Waals surface area (Å²) >= 11 is 0.